The fourth-order valence-corrected chi connectivity index (χ4v) is 7.34. The number of carbonyl (C=O) groups is 1. The van der Waals surface area contributed by atoms with Crippen LogP contribution in [0.5, 0.6) is 0 Å². The van der Waals surface area contributed by atoms with Gasteiger partial charge >= 0.3 is 13.8 Å². The van der Waals surface area contributed by atoms with Crippen LogP contribution < -0.4 is 5.73 Å². The third-order valence-electron chi connectivity index (χ3n) is 10.0. The zero-order valence-electron chi connectivity index (χ0n) is 37.1. The number of hydrogen-bond acceptors (Lipinski definition) is 7. The Hall–Kier alpha value is -1.54. The number of phosphoric ester groups is 1. The van der Waals surface area contributed by atoms with Crippen molar-refractivity contribution in [3.8, 4) is 0 Å². The highest BCUT2D eigenvalue weighted by Crippen LogP contribution is 2.43. The van der Waals surface area contributed by atoms with E-state index in [2.05, 4.69) is 62.5 Å². The number of allylic oxidation sites excluding steroid dienone is 8. The van der Waals surface area contributed by atoms with Crippen molar-refractivity contribution in [1.29, 1.82) is 0 Å². The molecule has 0 saturated carbocycles. The summed E-state index contributed by atoms with van der Waals surface area (Å²) in [7, 11) is -4.29. The SMILES string of the molecule is CC/C=C\C/C=C\C/C=C\C/C=C\CCCCCCC(=O)OC(COCCCCCCCCCCCCCCCCCCCCCCC)COP(=O)(O)OCCN. The molecule has 0 amide bonds. The Morgan fingerprint density at radius 3 is 1.47 bits per heavy atom. The van der Waals surface area contributed by atoms with Crippen LogP contribution in [0.15, 0.2) is 48.6 Å². The molecule has 0 fully saturated rings. The van der Waals surface area contributed by atoms with Gasteiger partial charge in [-0.05, 0) is 51.4 Å². The van der Waals surface area contributed by atoms with Crippen LogP contribution in [-0.4, -0.2) is 49.9 Å². The first-order valence-corrected chi connectivity index (χ1v) is 25.1. The zero-order valence-corrected chi connectivity index (χ0v) is 38.0. The summed E-state index contributed by atoms with van der Waals surface area (Å²) in [4.78, 5) is 22.5. The molecule has 0 aromatic carbocycles. The molecule has 0 heterocycles. The Balaban J connectivity index is 3.99. The molecule has 0 radical (unpaired) electrons. The second-order valence-corrected chi connectivity index (χ2v) is 17.1. The number of phosphoric acid groups is 1. The fourth-order valence-electron chi connectivity index (χ4n) is 6.58. The van der Waals surface area contributed by atoms with Crippen molar-refractivity contribution in [2.75, 3.05) is 33.0 Å². The van der Waals surface area contributed by atoms with Gasteiger partial charge in [0.1, 0.15) is 6.10 Å². The van der Waals surface area contributed by atoms with Crippen molar-refractivity contribution in [3.63, 3.8) is 0 Å². The summed E-state index contributed by atoms with van der Waals surface area (Å²) >= 11 is 0. The highest BCUT2D eigenvalue weighted by Gasteiger charge is 2.25. The third-order valence-corrected chi connectivity index (χ3v) is 11.0. The molecule has 2 atom stereocenters. The van der Waals surface area contributed by atoms with Gasteiger partial charge in [0.05, 0.1) is 19.8 Å². The van der Waals surface area contributed by atoms with E-state index < -0.39 is 13.9 Å². The molecule has 0 saturated heterocycles. The smallest absolute Gasteiger partial charge is 0.457 e. The maximum atomic E-state index is 12.6. The number of hydrogen-bond donors (Lipinski definition) is 2. The predicted octanol–water partition coefficient (Wildman–Crippen LogP) is 14.4. The Morgan fingerprint density at radius 1 is 0.544 bits per heavy atom. The van der Waals surface area contributed by atoms with Crippen LogP contribution in [-0.2, 0) is 27.9 Å². The Kier molecular flexibility index (Phi) is 44.3. The average molecular weight is 824 g/mol. The van der Waals surface area contributed by atoms with E-state index in [1.165, 1.54) is 122 Å². The molecule has 0 aliphatic heterocycles. The largest absolute Gasteiger partial charge is 0.472 e. The standard InChI is InChI=1S/C48H90NO7P/c1-3-5-7-9-11-13-15-17-19-21-22-23-24-26-28-30-32-34-36-38-40-43-53-45-47(46-55-57(51,52)54-44-42-49)56-48(50)41-39-37-35-33-31-29-27-25-20-18-16-14-12-10-8-6-4-2/h6,8,12,14,18,20,27,29,47H,3-5,7,9-11,13,15-17,19,21-26,28,30-46,49H2,1-2H3,(H,51,52)/b8-6-,14-12-,20-18-,29-27-. The van der Waals surface area contributed by atoms with E-state index in [9.17, 15) is 14.3 Å². The number of ether oxygens (including phenoxy) is 2. The summed E-state index contributed by atoms with van der Waals surface area (Å²) in [6.45, 7) is 4.80. The van der Waals surface area contributed by atoms with Crippen LogP contribution in [0.4, 0.5) is 0 Å². The number of unbranched alkanes of at least 4 members (excludes halogenated alkanes) is 24. The molecule has 2 unspecified atom stereocenters. The first kappa shape index (κ1) is 55.5. The predicted molar refractivity (Wildman–Crippen MR) is 243 cm³/mol. The molecule has 0 aromatic heterocycles. The summed E-state index contributed by atoms with van der Waals surface area (Å²) in [6.07, 6.45) is 54.3. The minimum Gasteiger partial charge on any atom is -0.457 e. The van der Waals surface area contributed by atoms with Crippen molar-refractivity contribution in [2.24, 2.45) is 5.73 Å². The van der Waals surface area contributed by atoms with Gasteiger partial charge < -0.3 is 20.1 Å². The Bertz CT molecular complexity index is 1010. The second kappa shape index (κ2) is 45.5. The summed E-state index contributed by atoms with van der Waals surface area (Å²) in [5.74, 6) is -0.351. The number of nitrogens with two attached hydrogens (primary N) is 1. The molecule has 0 aliphatic rings. The number of carbonyl (C=O) groups excluding carboxylic acids is 1. The quantitative estimate of drug-likeness (QED) is 0.0270. The van der Waals surface area contributed by atoms with Gasteiger partial charge in [-0.15, -0.1) is 0 Å². The molecule has 0 rings (SSSR count). The first-order valence-electron chi connectivity index (χ1n) is 23.6. The maximum Gasteiger partial charge on any atom is 0.472 e. The van der Waals surface area contributed by atoms with Crippen LogP contribution in [0.2, 0.25) is 0 Å². The van der Waals surface area contributed by atoms with Crippen LogP contribution in [0.3, 0.4) is 0 Å². The third kappa shape index (κ3) is 45.4. The van der Waals surface area contributed by atoms with Crippen molar-refractivity contribution in [3.05, 3.63) is 48.6 Å². The summed E-state index contributed by atoms with van der Waals surface area (Å²) in [5.41, 5.74) is 5.38. The molecule has 0 aromatic rings. The van der Waals surface area contributed by atoms with Gasteiger partial charge in [0, 0.05) is 19.6 Å². The fraction of sp³-hybridized carbons (Fsp3) is 0.812. The van der Waals surface area contributed by atoms with Crippen LogP contribution >= 0.6 is 7.82 Å². The lowest BCUT2D eigenvalue weighted by Gasteiger charge is -2.20. The molecule has 0 bridgehead atoms. The van der Waals surface area contributed by atoms with Crippen molar-refractivity contribution in [1.82, 2.24) is 0 Å². The van der Waals surface area contributed by atoms with E-state index in [-0.39, 0.29) is 32.3 Å². The summed E-state index contributed by atoms with van der Waals surface area (Å²) in [5, 5.41) is 0. The van der Waals surface area contributed by atoms with E-state index in [1.54, 1.807) is 0 Å². The van der Waals surface area contributed by atoms with Gasteiger partial charge in [0.25, 0.3) is 0 Å². The van der Waals surface area contributed by atoms with Gasteiger partial charge in [-0.2, -0.15) is 0 Å². The van der Waals surface area contributed by atoms with E-state index in [1.807, 2.05) is 0 Å². The molecule has 334 valence electrons. The Labute approximate surface area is 351 Å². The molecule has 0 spiro atoms. The summed E-state index contributed by atoms with van der Waals surface area (Å²) < 4.78 is 33.5. The topological polar surface area (TPSA) is 117 Å². The molecule has 9 heteroatoms. The minimum atomic E-state index is -4.29. The normalized spacial score (nSPS) is 13.8. The van der Waals surface area contributed by atoms with Crippen molar-refractivity contribution >= 4 is 13.8 Å². The second-order valence-electron chi connectivity index (χ2n) is 15.6. The average Bonchev–Trinajstić information content (AvgIpc) is 3.20. The number of rotatable bonds is 45. The monoisotopic (exact) mass is 824 g/mol. The number of esters is 1. The molecule has 3 N–H and O–H groups in total. The lowest BCUT2D eigenvalue weighted by molar-refractivity contribution is -0.154. The van der Waals surface area contributed by atoms with Crippen LogP contribution in [0, 0.1) is 0 Å². The molecular weight excluding hydrogens is 734 g/mol. The van der Waals surface area contributed by atoms with E-state index in [0.29, 0.717) is 13.0 Å². The van der Waals surface area contributed by atoms with E-state index in [0.717, 1.165) is 70.6 Å². The summed E-state index contributed by atoms with van der Waals surface area (Å²) in [6, 6.07) is 0. The zero-order chi connectivity index (χ0) is 41.6. The van der Waals surface area contributed by atoms with Gasteiger partial charge in [0.15, 0.2) is 0 Å². The van der Waals surface area contributed by atoms with Gasteiger partial charge in [0.2, 0.25) is 0 Å². The molecule has 57 heavy (non-hydrogen) atoms. The lowest BCUT2D eigenvalue weighted by Crippen LogP contribution is -2.28. The van der Waals surface area contributed by atoms with Crippen LogP contribution in [0.1, 0.15) is 213 Å². The first-order chi connectivity index (χ1) is 27.9. The van der Waals surface area contributed by atoms with Gasteiger partial charge in [-0.25, -0.2) is 4.57 Å². The van der Waals surface area contributed by atoms with E-state index in [4.69, 9.17) is 24.3 Å². The van der Waals surface area contributed by atoms with Crippen molar-refractivity contribution in [2.45, 2.75) is 219 Å². The Morgan fingerprint density at radius 2 is 0.982 bits per heavy atom. The maximum absolute atomic E-state index is 12.6. The van der Waals surface area contributed by atoms with Gasteiger partial charge in [-0.1, -0.05) is 204 Å². The van der Waals surface area contributed by atoms with Crippen molar-refractivity contribution < 1.29 is 32.8 Å². The molecule has 0 aliphatic carbocycles. The minimum absolute atomic E-state index is 0.0956. The van der Waals surface area contributed by atoms with Crippen LogP contribution in [0.25, 0.3) is 0 Å². The molecular formula is C48H90NO7P. The van der Waals surface area contributed by atoms with Gasteiger partial charge in [-0.3, -0.25) is 13.8 Å². The molecule has 8 nitrogen and oxygen atoms in total. The van der Waals surface area contributed by atoms with E-state index >= 15 is 0 Å². The highest BCUT2D eigenvalue weighted by molar-refractivity contribution is 7.47. The highest BCUT2D eigenvalue weighted by atomic mass is 31.2. The lowest BCUT2D eigenvalue weighted by atomic mass is 10.0.